The Morgan fingerprint density at radius 1 is 1.13 bits per heavy atom. The molecular formula is C20H16N10O. The van der Waals surface area contributed by atoms with Gasteiger partial charge in [0, 0.05) is 18.8 Å². The molecule has 0 atom stereocenters. The third-order valence-electron chi connectivity index (χ3n) is 4.97. The van der Waals surface area contributed by atoms with E-state index in [1.807, 2.05) is 37.3 Å². The van der Waals surface area contributed by atoms with Crippen LogP contribution in [-0.4, -0.2) is 29.2 Å². The summed E-state index contributed by atoms with van der Waals surface area (Å²) in [5.74, 6) is -0.00582. The van der Waals surface area contributed by atoms with Gasteiger partial charge in [-0.3, -0.25) is 9.48 Å². The Bertz CT molecular complexity index is 1490. The molecule has 0 spiro atoms. The summed E-state index contributed by atoms with van der Waals surface area (Å²) in [4.78, 5) is 13.2. The predicted octanol–water partition coefficient (Wildman–Crippen LogP) is 0.888. The van der Waals surface area contributed by atoms with Gasteiger partial charge >= 0.3 is 0 Å². The third-order valence-corrected chi connectivity index (χ3v) is 4.97. The average molecular weight is 412 g/mol. The van der Waals surface area contributed by atoms with Crippen LogP contribution >= 0.6 is 0 Å². The Morgan fingerprint density at radius 2 is 1.81 bits per heavy atom. The molecule has 0 bridgehead atoms. The van der Waals surface area contributed by atoms with Gasteiger partial charge in [0.05, 0.1) is 16.9 Å². The van der Waals surface area contributed by atoms with Crippen LogP contribution in [0.1, 0.15) is 11.4 Å². The number of nitrogens with zero attached hydrogens (tertiary/aromatic N) is 8. The first-order valence-corrected chi connectivity index (χ1v) is 9.05. The average Bonchev–Trinajstić information content (AvgIpc) is 3.29. The molecule has 0 saturated heterocycles. The number of anilines is 1. The highest BCUT2D eigenvalue weighted by molar-refractivity contribution is 5.77. The quantitative estimate of drug-likeness (QED) is 0.467. The van der Waals surface area contributed by atoms with Crippen LogP contribution in [0.2, 0.25) is 0 Å². The van der Waals surface area contributed by atoms with E-state index in [0.29, 0.717) is 22.6 Å². The summed E-state index contributed by atoms with van der Waals surface area (Å²) in [6.07, 6.45) is 0. The smallest absolute Gasteiger partial charge is 0.281 e. The van der Waals surface area contributed by atoms with Crippen LogP contribution in [0.25, 0.3) is 28.3 Å². The second-order valence-electron chi connectivity index (χ2n) is 6.68. The molecule has 31 heavy (non-hydrogen) atoms. The Morgan fingerprint density at radius 3 is 2.45 bits per heavy atom. The van der Waals surface area contributed by atoms with Gasteiger partial charge in [-0.25, -0.2) is 4.68 Å². The number of aromatic nitrogens is 6. The molecule has 11 heteroatoms. The van der Waals surface area contributed by atoms with Gasteiger partial charge in [0.1, 0.15) is 17.8 Å². The molecule has 0 fully saturated rings. The van der Waals surface area contributed by atoms with Gasteiger partial charge in [-0.2, -0.15) is 20.1 Å². The number of nitrogens with two attached hydrogens (primary N) is 2. The number of hydrogen-bond acceptors (Lipinski definition) is 8. The van der Waals surface area contributed by atoms with Crippen molar-refractivity contribution in [3.8, 4) is 29.1 Å². The van der Waals surface area contributed by atoms with E-state index in [-0.39, 0.29) is 34.0 Å². The van der Waals surface area contributed by atoms with Crippen LogP contribution in [0.5, 0.6) is 0 Å². The van der Waals surface area contributed by atoms with Crippen molar-refractivity contribution in [1.29, 1.82) is 10.5 Å². The van der Waals surface area contributed by atoms with Gasteiger partial charge in [-0.05, 0) is 19.1 Å². The fourth-order valence-corrected chi connectivity index (χ4v) is 3.31. The minimum absolute atomic E-state index is 0.00582. The maximum absolute atomic E-state index is 13.2. The van der Waals surface area contributed by atoms with Crippen LogP contribution in [0.15, 0.2) is 46.8 Å². The third kappa shape index (κ3) is 2.89. The van der Waals surface area contributed by atoms with Gasteiger partial charge in [-0.1, -0.05) is 18.2 Å². The van der Waals surface area contributed by atoms with Crippen molar-refractivity contribution in [2.45, 2.75) is 6.92 Å². The van der Waals surface area contributed by atoms with Crippen molar-refractivity contribution in [2.24, 2.45) is 12.8 Å². The standard InChI is InChI=1S/C20H16N10O/c1-11-16(20(31)30(28(11)2)13-6-4-3-5-7-13)14-8-15-25-26-18(19(24)29(15)27-14)17(23)12(9-21)10-22/h3-8H,23-24H2,1-2H3. The summed E-state index contributed by atoms with van der Waals surface area (Å²) in [5.41, 5.74) is 13.6. The number of fused-ring (bicyclic) bond motifs is 1. The topological polar surface area (TPSA) is 170 Å². The summed E-state index contributed by atoms with van der Waals surface area (Å²) >= 11 is 0. The lowest BCUT2D eigenvalue weighted by Gasteiger charge is -2.07. The molecule has 0 aliphatic carbocycles. The summed E-state index contributed by atoms with van der Waals surface area (Å²) < 4.78 is 4.56. The zero-order chi connectivity index (χ0) is 22.3. The van der Waals surface area contributed by atoms with E-state index >= 15 is 0 Å². The molecule has 0 saturated carbocycles. The second-order valence-corrected chi connectivity index (χ2v) is 6.68. The van der Waals surface area contributed by atoms with E-state index in [4.69, 9.17) is 22.0 Å². The summed E-state index contributed by atoms with van der Waals surface area (Å²) in [5, 5.41) is 30.5. The normalized spacial score (nSPS) is 10.6. The number of nitrogen functional groups attached to an aromatic ring is 1. The summed E-state index contributed by atoms with van der Waals surface area (Å²) in [6, 6.07) is 14.2. The Kier molecular flexibility index (Phi) is 4.49. The van der Waals surface area contributed by atoms with Gasteiger partial charge in [0.2, 0.25) is 0 Å². The van der Waals surface area contributed by atoms with Crippen molar-refractivity contribution in [3.05, 3.63) is 63.7 Å². The van der Waals surface area contributed by atoms with Gasteiger partial charge in [0.15, 0.2) is 22.7 Å². The SMILES string of the molecule is Cc1c(-c2cc3nnc(C(N)=C(C#N)C#N)c(N)n3n2)c(=O)n(-c2ccccc2)n1C. The molecular weight excluding hydrogens is 396 g/mol. The van der Waals surface area contributed by atoms with E-state index in [0.717, 1.165) is 0 Å². The predicted molar refractivity (Wildman–Crippen MR) is 112 cm³/mol. The Balaban J connectivity index is 1.93. The molecule has 0 aliphatic rings. The minimum Gasteiger partial charge on any atom is -0.395 e. The van der Waals surface area contributed by atoms with Gasteiger partial charge < -0.3 is 11.5 Å². The number of allylic oxidation sites excluding steroid dienone is 1. The lowest BCUT2D eigenvalue weighted by molar-refractivity contribution is 0.630. The van der Waals surface area contributed by atoms with Crippen LogP contribution in [0.3, 0.4) is 0 Å². The highest BCUT2D eigenvalue weighted by Crippen LogP contribution is 2.24. The van der Waals surface area contributed by atoms with E-state index < -0.39 is 0 Å². The molecule has 1 aromatic carbocycles. The van der Waals surface area contributed by atoms with Gasteiger partial charge in [0.25, 0.3) is 5.56 Å². The fraction of sp³-hybridized carbons (Fsp3) is 0.100. The van der Waals surface area contributed by atoms with E-state index in [2.05, 4.69) is 15.3 Å². The van der Waals surface area contributed by atoms with Crippen LogP contribution < -0.4 is 17.0 Å². The molecule has 3 aromatic heterocycles. The second kappa shape index (κ2) is 7.17. The number of nitriles is 2. The Hall–Kier alpha value is -4.90. The van der Waals surface area contributed by atoms with E-state index in [1.165, 1.54) is 4.52 Å². The number of para-hydroxylation sites is 1. The van der Waals surface area contributed by atoms with Crippen molar-refractivity contribution < 1.29 is 0 Å². The number of benzene rings is 1. The van der Waals surface area contributed by atoms with E-state index in [9.17, 15) is 4.79 Å². The zero-order valence-corrected chi connectivity index (χ0v) is 16.6. The molecule has 152 valence electrons. The first kappa shape index (κ1) is 19.4. The van der Waals surface area contributed by atoms with Crippen LogP contribution in [0, 0.1) is 29.6 Å². The monoisotopic (exact) mass is 412 g/mol. The van der Waals surface area contributed by atoms with Crippen molar-refractivity contribution in [2.75, 3.05) is 5.73 Å². The van der Waals surface area contributed by atoms with E-state index in [1.54, 1.807) is 34.6 Å². The van der Waals surface area contributed by atoms with Crippen LogP contribution in [-0.2, 0) is 7.05 Å². The molecule has 0 unspecified atom stereocenters. The summed E-state index contributed by atoms with van der Waals surface area (Å²) in [6.45, 7) is 1.81. The molecule has 0 radical (unpaired) electrons. The molecule has 4 aromatic rings. The molecule has 0 aliphatic heterocycles. The molecule has 4 rings (SSSR count). The van der Waals surface area contributed by atoms with Crippen molar-refractivity contribution >= 4 is 17.2 Å². The number of hydrogen-bond donors (Lipinski definition) is 2. The summed E-state index contributed by atoms with van der Waals surface area (Å²) in [7, 11) is 1.78. The lowest BCUT2D eigenvalue weighted by atomic mass is 10.2. The highest BCUT2D eigenvalue weighted by Gasteiger charge is 2.22. The van der Waals surface area contributed by atoms with Crippen molar-refractivity contribution in [3.63, 3.8) is 0 Å². The Labute approximate surface area is 175 Å². The van der Waals surface area contributed by atoms with Gasteiger partial charge in [-0.15, -0.1) is 10.2 Å². The van der Waals surface area contributed by atoms with Crippen molar-refractivity contribution in [1.82, 2.24) is 29.2 Å². The molecule has 4 N–H and O–H groups in total. The maximum atomic E-state index is 13.2. The first-order chi connectivity index (χ1) is 14.9. The van der Waals surface area contributed by atoms with Crippen LogP contribution in [0.4, 0.5) is 5.82 Å². The molecule has 3 heterocycles. The fourth-order valence-electron chi connectivity index (χ4n) is 3.31. The first-order valence-electron chi connectivity index (χ1n) is 9.05. The largest absolute Gasteiger partial charge is 0.395 e. The maximum Gasteiger partial charge on any atom is 0.281 e. The number of rotatable bonds is 3. The highest BCUT2D eigenvalue weighted by atomic mass is 16.1. The minimum atomic E-state index is -0.336. The molecule has 0 amide bonds. The lowest BCUT2D eigenvalue weighted by Crippen LogP contribution is -2.20. The molecule has 11 nitrogen and oxygen atoms in total. The zero-order valence-electron chi connectivity index (χ0n) is 16.6.